The average Bonchev–Trinajstić information content (AvgIpc) is 2.13. The van der Waals surface area contributed by atoms with Gasteiger partial charge in [-0.15, -0.1) is 0 Å². The van der Waals surface area contributed by atoms with Gasteiger partial charge < -0.3 is 5.32 Å². The van der Waals surface area contributed by atoms with E-state index < -0.39 is 6.17 Å². The number of nitrogens with one attached hydrogen (secondary N) is 1. The van der Waals surface area contributed by atoms with E-state index in [-0.39, 0.29) is 11.9 Å². The van der Waals surface area contributed by atoms with Gasteiger partial charge in [-0.1, -0.05) is 20.8 Å². The van der Waals surface area contributed by atoms with E-state index in [0.29, 0.717) is 25.4 Å². The molecule has 1 heterocycles. The summed E-state index contributed by atoms with van der Waals surface area (Å²) in [5.41, 5.74) is 0. The first-order valence-corrected chi connectivity index (χ1v) is 5.68. The zero-order chi connectivity index (χ0) is 11.4. The second-order valence-electron chi connectivity index (χ2n) is 4.59. The Kier molecular flexibility index (Phi) is 4.51. The van der Waals surface area contributed by atoms with Crippen LogP contribution >= 0.6 is 0 Å². The molecule has 1 amide bonds. The fourth-order valence-corrected chi connectivity index (χ4v) is 1.67. The van der Waals surface area contributed by atoms with Gasteiger partial charge in [-0.2, -0.15) is 0 Å². The maximum Gasteiger partial charge on any atom is 0.219 e. The van der Waals surface area contributed by atoms with Crippen LogP contribution in [0.4, 0.5) is 4.39 Å². The first kappa shape index (κ1) is 12.4. The summed E-state index contributed by atoms with van der Waals surface area (Å²) in [5.74, 6) is 0.463. The molecule has 0 bridgehead atoms. The molecule has 1 atom stereocenters. The van der Waals surface area contributed by atoms with Crippen molar-refractivity contribution in [3.63, 3.8) is 0 Å². The van der Waals surface area contributed by atoms with Gasteiger partial charge in [-0.05, 0) is 5.92 Å². The Hall–Kier alpha value is -0.640. The van der Waals surface area contributed by atoms with Crippen molar-refractivity contribution in [1.82, 2.24) is 10.2 Å². The lowest BCUT2D eigenvalue weighted by atomic mass is 10.0. The van der Waals surface area contributed by atoms with Gasteiger partial charge >= 0.3 is 0 Å². The molecule has 0 aromatic heterocycles. The predicted molar refractivity (Wildman–Crippen MR) is 58.4 cm³/mol. The van der Waals surface area contributed by atoms with E-state index in [2.05, 4.69) is 19.2 Å². The van der Waals surface area contributed by atoms with Crippen LogP contribution in [0.3, 0.4) is 0 Å². The van der Waals surface area contributed by atoms with Crippen molar-refractivity contribution < 1.29 is 9.18 Å². The Morgan fingerprint density at radius 1 is 1.53 bits per heavy atom. The molecular formula is C11H21FN2O. The van der Waals surface area contributed by atoms with E-state index in [9.17, 15) is 9.18 Å². The number of hydrogen-bond acceptors (Lipinski definition) is 2. The molecule has 3 nitrogen and oxygen atoms in total. The number of halogens is 1. The van der Waals surface area contributed by atoms with Crippen LogP contribution in [-0.2, 0) is 4.79 Å². The Morgan fingerprint density at radius 2 is 2.13 bits per heavy atom. The number of carbonyl (C=O) groups is 1. The van der Waals surface area contributed by atoms with Crippen LogP contribution < -0.4 is 5.32 Å². The number of rotatable bonds is 5. The number of amides is 1. The van der Waals surface area contributed by atoms with Gasteiger partial charge in [-0.3, -0.25) is 9.69 Å². The lowest BCUT2D eigenvalue weighted by molar-refractivity contribution is -0.122. The number of likely N-dealkylation sites (tertiary alicyclic amines) is 1. The second-order valence-corrected chi connectivity index (χ2v) is 4.59. The number of hydrogen-bond donors (Lipinski definition) is 1. The summed E-state index contributed by atoms with van der Waals surface area (Å²) in [6.45, 7) is 7.80. The van der Waals surface area contributed by atoms with Crippen molar-refractivity contribution in [2.75, 3.05) is 19.6 Å². The lowest BCUT2D eigenvalue weighted by Gasteiger charge is -2.38. The molecule has 1 aliphatic heterocycles. The monoisotopic (exact) mass is 216 g/mol. The minimum absolute atomic E-state index is 0.0750. The standard InChI is InChI=1S/C11H21FN2O/c1-4-11(15)13-10(8(2)3)7-14-5-9(12)6-14/h8-10H,4-7H2,1-3H3,(H,13,15)/t10-/m0/s1. The smallest absolute Gasteiger partial charge is 0.219 e. The number of nitrogens with zero attached hydrogens (tertiary/aromatic N) is 1. The van der Waals surface area contributed by atoms with Gasteiger partial charge in [0, 0.05) is 32.1 Å². The maximum absolute atomic E-state index is 12.6. The fraction of sp³-hybridized carbons (Fsp3) is 0.909. The van der Waals surface area contributed by atoms with Gasteiger partial charge in [-0.25, -0.2) is 4.39 Å². The van der Waals surface area contributed by atoms with E-state index in [1.165, 1.54) is 0 Å². The summed E-state index contributed by atoms with van der Waals surface area (Å²) in [5, 5.41) is 2.98. The fourth-order valence-electron chi connectivity index (χ4n) is 1.67. The SMILES string of the molecule is CCC(=O)N[C@@H](CN1CC(F)C1)C(C)C. The Balaban J connectivity index is 2.34. The van der Waals surface area contributed by atoms with Crippen molar-refractivity contribution in [2.24, 2.45) is 5.92 Å². The molecule has 1 N–H and O–H groups in total. The summed E-state index contributed by atoms with van der Waals surface area (Å²) in [7, 11) is 0. The third kappa shape index (κ3) is 3.78. The third-order valence-electron chi connectivity index (χ3n) is 2.84. The van der Waals surface area contributed by atoms with Crippen LogP contribution in [-0.4, -0.2) is 42.7 Å². The van der Waals surface area contributed by atoms with E-state index >= 15 is 0 Å². The molecule has 0 aliphatic carbocycles. The van der Waals surface area contributed by atoms with Gasteiger partial charge in [0.05, 0.1) is 0 Å². The zero-order valence-corrected chi connectivity index (χ0v) is 9.79. The third-order valence-corrected chi connectivity index (χ3v) is 2.84. The van der Waals surface area contributed by atoms with Crippen molar-refractivity contribution in [1.29, 1.82) is 0 Å². The normalized spacial score (nSPS) is 20.1. The second kappa shape index (κ2) is 5.45. The molecule has 0 spiro atoms. The minimum Gasteiger partial charge on any atom is -0.352 e. The average molecular weight is 216 g/mol. The van der Waals surface area contributed by atoms with E-state index in [1.807, 2.05) is 11.8 Å². The lowest BCUT2D eigenvalue weighted by Crippen LogP contribution is -2.55. The summed E-state index contributed by atoms with van der Waals surface area (Å²) in [6.07, 6.45) is -0.158. The molecule has 0 aromatic carbocycles. The van der Waals surface area contributed by atoms with Gasteiger partial charge in [0.2, 0.25) is 5.91 Å². The van der Waals surface area contributed by atoms with Crippen molar-refractivity contribution >= 4 is 5.91 Å². The summed E-state index contributed by atoms with van der Waals surface area (Å²) in [4.78, 5) is 13.3. The summed E-state index contributed by atoms with van der Waals surface area (Å²) >= 11 is 0. The highest BCUT2D eigenvalue weighted by atomic mass is 19.1. The highest BCUT2D eigenvalue weighted by molar-refractivity contribution is 5.75. The van der Waals surface area contributed by atoms with Crippen LogP contribution in [0.15, 0.2) is 0 Å². The Morgan fingerprint density at radius 3 is 2.53 bits per heavy atom. The number of carbonyl (C=O) groups excluding carboxylic acids is 1. The predicted octanol–water partition coefficient (Wildman–Crippen LogP) is 1.19. The van der Waals surface area contributed by atoms with Gasteiger partial charge in [0.25, 0.3) is 0 Å². The summed E-state index contributed by atoms with van der Waals surface area (Å²) < 4.78 is 12.6. The molecule has 0 unspecified atom stereocenters. The molecule has 0 aromatic rings. The van der Waals surface area contributed by atoms with Crippen LogP contribution in [0.1, 0.15) is 27.2 Å². The van der Waals surface area contributed by atoms with Crippen LogP contribution in [0.2, 0.25) is 0 Å². The quantitative estimate of drug-likeness (QED) is 0.748. The van der Waals surface area contributed by atoms with Gasteiger partial charge in [0.15, 0.2) is 0 Å². The first-order valence-electron chi connectivity index (χ1n) is 5.68. The minimum atomic E-state index is -0.667. The van der Waals surface area contributed by atoms with E-state index in [1.54, 1.807) is 0 Å². The molecule has 1 aliphatic rings. The number of alkyl halides is 1. The molecule has 15 heavy (non-hydrogen) atoms. The first-order chi connectivity index (χ1) is 7.02. The van der Waals surface area contributed by atoms with Gasteiger partial charge in [0.1, 0.15) is 6.17 Å². The highest BCUT2D eigenvalue weighted by Gasteiger charge is 2.29. The molecule has 4 heteroatoms. The molecule has 1 rings (SSSR count). The zero-order valence-electron chi connectivity index (χ0n) is 9.79. The molecule has 0 saturated carbocycles. The molecule has 1 saturated heterocycles. The van der Waals surface area contributed by atoms with Crippen molar-refractivity contribution in [3.05, 3.63) is 0 Å². The Labute approximate surface area is 91.0 Å². The highest BCUT2D eigenvalue weighted by Crippen LogP contribution is 2.14. The van der Waals surface area contributed by atoms with Crippen LogP contribution in [0.25, 0.3) is 0 Å². The van der Waals surface area contributed by atoms with E-state index in [0.717, 1.165) is 6.54 Å². The van der Waals surface area contributed by atoms with Crippen molar-refractivity contribution in [2.45, 2.75) is 39.4 Å². The molecule has 1 fully saturated rings. The summed E-state index contributed by atoms with van der Waals surface area (Å²) in [6, 6.07) is 0.143. The molecule has 0 radical (unpaired) electrons. The molecule has 88 valence electrons. The molecular weight excluding hydrogens is 195 g/mol. The van der Waals surface area contributed by atoms with Crippen LogP contribution in [0, 0.1) is 5.92 Å². The Bertz CT molecular complexity index is 215. The largest absolute Gasteiger partial charge is 0.352 e. The topological polar surface area (TPSA) is 32.3 Å². The van der Waals surface area contributed by atoms with Crippen LogP contribution in [0.5, 0.6) is 0 Å². The van der Waals surface area contributed by atoms with Crippen molar-refractivity contribution in [3.8, 4) is 0 Å². The maximum atomic E-state index is 12.6. The van der Waals surface area contributed by atoms with E-state index in [4.69, 9.17) is 0 Å².